The smallest absolute Gasteiger partial charge is 0.336 e. The molecule has 0 heterocycles. The number of rotatable bonds is 21. The predicted octanol–water partition coefficient (Wildman–Crippen LogP) is 9.09. The van der Waals surface area contributed by atoms with Crippen molar-refractivity contribution in [3.63, 3.8) is 0 Å². The number of unbranched alkanes of at least 4 members (excludes halogenated alkanes) is 15. The molecule has 0 aliphatic rings. The highest BCUT2D eigenvalue weighted by Crippen LogP contribution is 2.25. The molecule has 4 heteroatoms. The second kappa shape index (κ2) is 18.5. The van der Waals surface area contributed by atoms with Crippen LogP contribution in [-0.2, 0) is 12.8 Å². The Bertz CT molecular complexity index is 708. The maximum atomic E-state index is 11.9. The van der Waals surface area contributed by atoms with Crippen LogP contribution in [0.2, 0.25) is 0 Å². The van der Waals surface area contributed by atoms with Crippen molar-refractivity contribution in [2.75, 3.05) is 0 Å². The maximum Gasteiger partial charge on any atom is 0.336 e. The van der Waals surface area contributed by atoms with Gasteiger partial charge < -0.3 is 10.2 Å². The lowest BCUT2D eigenvalue weighted by Gasteiger charge is -2.16. The van der Waals surface area contributed by atoms with Crippen LogP contribution in [0.3, 0.4) is 0 Å². The maximum absolute atomic E-state index is 11.9. The molecule has 0 aromatic heterocycles. The number of aromatic carboxylic acids is 2. The normalized spacial score (nSPS) is 11.3. The summed E-state index contributed by atoms with van der Waals surface area (Å²) in [4.78, 5) is 23.5. The predicted molar refractivity (Wildman–Crippen MR) is 142 cm³/mol. The van der Waals surface area contributed by atoms with Gasteiger partial charge in [0.05, 0.1) is 11.1 Å². The molecule has 1 aromatic rings. The molecule has 0 saturated carbocycles. The third-order valence-corrected chi connectivity index (χ3v) is 6.76. The van der Waals surface area contributed by atoms with Crippen LogP contribution >= 0.6 is 0 Å². The Morgan fingerprint density at radius 3 is 1.50 bits per heavy atom. The summed E-state index contributed by atoms with van der Waals surface area (Å²) >= 11 is 0. The van der Waals surface area contributed by atoms with Crippen molar-refractivity contribution < 1.29 is 19.8 Å². The van der Waals surface area contributed by atoms with E-state index < -0.39 is 11.9 Å². The molecule has 0 bridgehead atoms. The second-order valence-electron chi connectivity index (χ2n) is 10.4. The minimum absolute atomic E-state index is 0.00777. The minimum Gasteiger partial charge on any atom is -0.478 e. The van der Waals surface area contributed by atoms with Crippen molar-refractivity contribution in [1.82, 2.24) is 0 Å². The Balaban J connectivity index is 2.28. The summed E-state index contributed by atoms with van der Waals surface area (Å²) in [5, 5.41) is 19.2. The van der Waals surface area contributed by atoms with Gasteiger partial charge in [0.2, 0.25) is 0 Å². The number of carboxylic acid groups (broad SMARTS) is 2. The molecule has 0 aliphatic carbocycles. The largest absolute Gasteiger partial charge is 0.478 e. The average Bonchev–Trinajstić information content (AvgIpc) is 2.78. The molecule has 2 N–H and O–H groups in total. The summed E-state index contributed by atoms with van der Waals surface area (Å²) < 4.78 is 0. The van der Waals surface area contributed by atoms with E-state index in [0.29, 0.717) is 12.3 Å². The van der Waals surface area contributed by atoms with Crippen LogP contribution in [0, 0.1) is 5.92 Å². The molecule has 0 fully saturated rings. The van der Waals surface area contributed by atoms with Crippen LogP contribution in [0.5, 0.6) is 0 Å². The van der Waals surface area contributed by atoms with Crippen molar-refractivity contribution in [2.24, 2.45) is 5.92 Å². The number of hydrogen-bond donors (Lipinski definition) is 2. The second-order valence-corrected chi connectivity index (χ2v) is 10.4. The highest BCUT2D eigenvalue weighted by molar-refractivity contribution is 6.03. The fraction of sp³-hybridized carbons (Fsp3) is 0.733. The van der Waals surface area contributed by atoms with Gasteiger partial charge in [0.1, 0.15) is 0 Å². The third-order valence-electron chi connectivity index (χ3n) is 6.76. The van der Waals surface area contributed by atoms with Crippen LogP contribution in [0.25, 0.3) is 0 Å². The molecule has 0 aliphatic heterocycles. The number of hydrogen-bond acceptors (Lipinski definition) is 2. The van der Waals surface area contributed by atoms with E-state index >= 15 is 0 Å². The van der Waals surface area contributed by atoms with Gasteiger partial charge in [0.15, 0.2) is 0 Å². The summed E-state index contributed by atoms with van der Waals surface area (Å²) in [6, 6.07) is 3.28. The van der Waals surface area contributed by atoms with E-state index in [1.165, 1.54) is 89.5 Å². The van der Waals surface area contributed by atoms with Gasteiger partial charge in [-0.05, 0) is 42.4 Å². The lowest BCUT2D eigenvalue weighted by atomic mass is 9.88. The zero-order valence-electron chi connectivity index (χ0n) is 22.2. The van der Waals surface area contributed by atoms with Crippen LogP contribution in [0.1, 0.15) is 155 Å². The van der Waals surface area contributed by atoms with Crippen molar-refractivity contribution >= 4 is 11.9 Å². The van der Waals surface area contributed by atoms with Gasteiger partial charge in [-0.25, -0.2) is 9.59 Å². The summed E-state index contributed by atoms with van der Waals surface area (Å²) in [7, 11) is 0. The SMILES string of the molecule is CCCCCCCCCCCCCCCCCCc1c(CC(C)C)ccc(C(=O)O)c1C(=O)O. The first-order chi connectivity index (χ1) is 16.4. The van der Waals surface area contributed by atoms with Crippen molar-refractivity contribution in [1.29, 1.82) is 0 Å². The molecular formula is C30H50O4. The Labute approximate surface area is 208 Å². The van der Waals surface area contributed by atoms with Crippen molar-refractivity contribution in [3.05, 3.63) is 34.4 Å². The number of benzene rings is 1. The number of carboxylic acids is 2. The molecule has 0 radical (unpaired) electrons. The van der Waals surface area contributed by atoms with Gasteiger partial charge in [-0.2, -0.15) is 0 Å². The van der Waals surface area contributed by atoms with Crippen molar-refractivity contribution in [3.8, 4) is 0 Å². The lowest BCUT2D eigenvalue weighted by molar-refractivity contribution is 0.0650. The average molecular weight is 475 g/mol. The fourth-order valence-electron chi connectivity index (χ4n) is 4.88. The topological polar surface area (TPSA) is 74.6 Å². The molecule has 4 nitrogen and oxygen atoms in total. The quantitative estimate of drug-likeness (QED) is 0.174. The highest BCUT2D eigenvalue weighted by Gasteiger charge is 2.22. The molecule has 1 aromatic carbocycles. The molecule has 0 saturated heterocycles. The van der Waals surface area contributed by atoms with Gasteiger partial charge in [-0.3, -0.25) is 0 Å². The standard InChI is InChI=1S/C30H50O4/c1-4-5-6-7-8-9-10-11-12-13-14-15-16-17-18-19-20-26-25(23-24(2)3)21-22-27(29(31)32)28(26)30(33)34/h21-22,24H,4-20,23H2,1-3H3,(H,31,32)(H,33,34). The van der Waals surface area contributed by atoms with E-state index in [-0.39, 0.29) is 11.1 Å². The van der Waals surface area contributed by atoms with Gasteiger partial charge in [-0.1, -0.05) is 123 Å². The Morgan fingerprint density at radius 1 is 0.676 bits per heavy atom. The highest BCUT2D eigenvalue weighted by atomic mass is 16.4. The van der Waals surface area contributed by atoms with Crippen LogP contribution in [-0.4, -0.2) is 22.2 Å². The van der Waals surface area contributed by atoms with E-state index in [1.807, 2.05) is 6.07 Å². The van der Waals surface area contributed by atoms with E-state index in [1.54, 1.807) is 0 Å². The summed E-state index contributed by atoms with van der Waals surface area (Å²) in [6.07, 6.45) is 22.2. The zero-order valence-corrected chi connectivity index (χ0v) is 22.2. The van der Waals surface area contributed by atoms with E-state index in [4.69, 9.17) is 0 Å². The summed E-state index contributed by atoms with van der Waals surface area (Å²) in [5.41, 5.74) is 1.61. The fourth-order valence-corrected chi connectivity index (χ4v) is 4.88. The Morgan fingerprint density at radius 2 is 1.12 bits per heavy atom. The van der Waals surface area contributed by atoms with E-state index in [2.05, 4.69) is 20.8 Å². The molecule has 34 heavy (non-hydrogen) atoms. The van der Waals surface area contributed by atoms with Crippen LogP contribution in [0.4, 0.5) is 0 Å². The molecule has 0 spiro atoms. The molecule has 1 rings (SSSR count). The Hall–Kier alpha value is -1.84. The monoisotopic (exact) mass is 474 g/mol. The first-order valence-corrected chi connectivity index (χ1v) is 14.0. The molecule has 0 atom stereocenters. The lowest BCUT2D eigenvalue weighted by Crippen LogP contribution is -2.14. The van der Waals surface area contributed by atoms with E-state index in [0.717, 1.165) is 36.8 Å². The third kappa shape index (κ3) is 12.6. The summed E-state index contributed by atoms with van der Waals surface area (Å²) in [5.74, 6) is -1.90. The van der Waals surface area contributed by atoms with Crippen LogP contribution in [0.15, 0.2) is 12.1 Å². The molecule has 0 amide bonds. The first-order valence-electron chi connectivity index (χ1n) is 14.0. The van der Waals surface area contributed by atoms with Gasteiger partial charge in [0, 0.05) is 0 Å². The zero-order chi connectivity index (χ0) is 25.2. The van der Waals surface area contributed by atoms with Gasteiger partial charge in [0.25, 0.3) is 0 Å². The van der Waals surface area contributed by atoms with E-state index in [9.17, 15) is 19.8 Å². The van der Waals surface area contributed by atoms with Gasteiger partial charge >= 0.3 is 11.9 Å². The molecule has 194 valence electrons. The van der Waals surface area contributed by atoms with Gasteiger partial charge in [-0.15, -0.1) is 0 Å². The minimum atomic E-state index is -1.17. The molecule has 0 unspecified atom stereocenters. The first kappa shape index (κ1) is 30.2. The summed E-state index contributed by atoms with van der Waals surface area (Å²) in [6.45, 7) is 6.47. The van der Waals surface area contributed by atoms with Crippen LogP contribution < -0.4 is 0 Å². The number of carbonyl (C=O) groups is 2. The Kier molecular flexibility index (Phi) is 16.4. The molecular weight excluding hydrogens is 424 g/mol. The van der Waals surface area contributed by atoms with Crippen molar-refractivity contribution in [2.45, 2.75) is 136 Å².